The number of carbonyl (C=O) groups excluding carboxylic acids is 2. The summed E-state index contributed by atoms with van der Waals surface area (Å²) >= 11 is 0. The summed E-state index contributed by atoms with van der Waals surface area (Å²) < 4.78 is 35.4. The van der Waals surface area contributed by atoms with Gasteiger partial charge in [0.2, 0.25) is 0 Å². The maximum Gasteiger partial charge on any atom is 0.311 e. The Kier molecular flexibility index (Phi) is 70.7. The Labute approximate surface area is 892 Å². The van der Waals surface area contributed by atoms with E-state index in [0.29, 0.717) is 217 Å². The van der Waals surface area contributed by atoms with Crippen LogP contribution in [0.2, 0.25) is 0 Å². The van der Waals surface area contributed by atoms with Gasteiger partial charge >= 0.3 is 11.9 Å². The van der Waals surface area contributed by atoms with Crippen LogP contribution in [0.15, 0.2) is 46.6 Å². The average Bonchev–Trinajstić information content (AvgIpc) is 1.69. The molecule has 40 atom stereocenters. The third-order valence-electron chi connectivity index (χ3n) is 30.5. The number of aliphatic hydroxyl groups is 26. The van der Waals surface area contributed by atoms with E-state index in [1.54, 1.807) is 13.8 Å². The summed E-state index contributed by atoms with van der Waals surface area (Å²) in [6.07, 6.45) is -14.9. The van der Waals surface area contributed by atoms with Crippen molar-refractivity contribution in [3.05, 3.63) is 46.6 Å². The number of cyclic esters (lactones) is 2. The number of nitrogens with two attached hydrogens (primary N) is 2. The fourth-order valence-corrected chi connectivity index (χ4v) is 20.7. The molecule has 0 aromatic heterocycles. The molecule has 0 saturated carbocycles. The highest BCUT2D eigenvalue weighted by atomic mass is 16.7. The Morgan fingerprint density at radius 3 is 0.973 bits per heavy atom. The van der Waals surface area contributed by atoms with Crippen LogP contribution in [0.1, 0.15) is 353 Å². The Morgan fingerprint density at radius 1 is 0.380 bits per heavy atom. The van der Waals surface area contributed by atoms with Gasteiger partial charge in [0, 0.05) is 49.6 Å². The topological polar surface area (TPSA) is 739 Å². The minimum absolute atomic E-state index is 0.0277. The summed E-state index contributed by atoms with van der Waals surface area (Å²) in [6, 6.07) is 0. The number of hydrogen-bond acceptors (Lipinski definition) is 36. The number of hydrogen-bond donors (Lipinski definition) is 32. The fourth-order valence-electron chi connectivity index (χ4n) is 20.7. The van der Waals surface area contributed by atoms with Crippen LogP contribution in [0.5, 0.6) is 0 Å². The van der Waals surface area contributed by atoms with E-state index in [2.05, 4.69) is 10.6 Å². The second kappa shape index (κ2) is 76.1. The van der Waals surface area contributed by atoms with Gasteiger partial charge in [-0.15, -0.1) is 0 Å². The van der Waals surface area contributed by atoms with E-state index in [4.69, 9.17) is 50.7 Å². The van der Waals surface area contributed by atoms with E-state index in [1.165, 1.54) is 12.2 Å². The molecule has 0 bridgehead atoms. The number of guanidine groups is 2. The van der Waals surface area contributed by atoms with Crippen molar-refractivity contribution in [3.63, 3.8) is 0 Å². The van der Waals surface area contributed by atoms with Gasteiger partial charge in [0.05, 0.1) is 147 Å². The molecule has 4 heterocycles. The lowest BCUT2D eigenvalue weighted by Gasteiger charge is -2.34. The molecule has 0 aromatic rings. The van der Waals surface area contributed by atoms with Gasteiger partial charge < -0.3 is 183 Å². The van der Waals surface area contributed by atoms with Crippen molar-refractivity contribution in [2.24, 2.45) is 58.8 Å². The SMILES string of the molecule is CCCCC1C(=O)OC(C(C)C(O)CCCNC(=N)N)C(C)/C=C(\C)CCCCC(O)CC(O)CC(O)CC(O)CC(O)C(O[C@H]2O[C@H](CO)[C@@H](O)[C@@H]2O)/C=C(\C)C(O)CCCC(O)CCCC(O)CCC(C)C1O.CCCCC1C(=O)OC(C(C)C(O)CCCNC(=N)N)C(C)/C=C(\C)CCCCC(O)CC(O)CC(O)CC(O)CC(O)C(O[C@H]2O[C@H](CO)[C@@H](O)[C@@H]2O)/C=C(\C)C(O)CCCC(O)CCCC(O)CCC(C)C1O. The number of ether oxygens (including phenoxy) is 6. The smallest absolute Gasteiger partial charge is 0.311 e. The fraction of sp³-hybridized carbons (Fsp3) is 0.891. The lowest BCUT2D eigenvalue weighted by atomic mass is 9.84. The molecule has 0 aliphatic carbocycles. The van der Waals surface area contributed by atoms with Gasteiger partial charge in [-0.1, -0.05) is 129 Å². The van der Waals surface area contributed by atoms with E-state index < -0.39 is 245 Å². The van der Waals surface area contributed by atoms with Crippen LogP contribution >= 0.6 is 0 Å². The van der Waals surface area contributed by atoms with Crippen LogP contribution < -0.4 is 22.1 Å². The minimum atomic E-state index is -1.59. The van der Waals surface area contributed by atoms with Crippen molar-refractivity contribution in [2.45, 2.75) is 548 Å². The van der Waals surface area contributed by atoms with E-state index in [9.17, 15) is 142 Å². The lowest BCUT2D eigenvalue weighted by Crippen LogP contribution is -2.42. The minimum Gasteiger partial charge on any atom is -0.461 e. The molecule has 0 radical (unpaired) electrons. The maximum atomic E-state index is 14.2. The van der Waals surface area contributed by atoms with E-state index in [0.717, 1.165) is 24.0 Å². The number of rotatable bonds is 24. The molecule has 4 rings (SSSR count). The molecule has 4 aliphatic heterocycles. The largest absolute Gasteiger partial charge is 0.461 e. The number of unbranched alkanes of at least 4 members (excludes halogenated alkanes) is 2. The van der Waals surface area contributed by atoms with Crippen LogP contribution in [0, 0.1) is 58.2 Å². The van der Waals surface area contributed by atoms with Gasteiger partial charge in [-0.05, 0) is 269 Å². The van der Waals surface area contributed by atoms with Crippen molar-refractivity contribution in [2.75, 3.05) is 26.3 Å². The first-order chi connectivity index (χ1) is 70.8. The molecule has 0 amide bonds. The van der Waals surface area contributed by atoms with E-state index >= 15 is 0 Å². The van der Waals surface area contributed by atoms with Crippen molar-refractivity contribution in [1.29, 1.82) is 10.8 Å². The normalized spacial score (nSPS) is 38.7. The first-order valence-corrected chi connectivity index (χ1v) is 56.2. The number of allylic oxidation sites excluding steroid dienone is 2. The summed E-state index contributed by atoms with van der Waals surface area (Å²) in [7, 11) is 0. The van der Waals surface area contributed by atoms with Crippen molar-refractivity contribution in [1.82, 2.24) is 10.6 Å². The summed E-state index contributed by atoms with van der Waals surface area (Å²) in [5.74, 6) is -5.56. The first kappa shape index (κ1) is 139. The molecule has 40 nitrogen and oxygen atoms in total. The lowest BCUT2D eigenvalue weighted by molar-refractivity contribution is -0.202. The molecular formula is C110H206N6O34. The van der Waals surface area contributed by atoms with Crippen molar-refractivity contribution >= 4 is 23.9 Å². The Balaban J connectivity index is 0.000000770. The predicted molar refractivity (Wildman–Crippen MR) is 567 cm³/mol. The molecule has 0 aromatic carbocycles. The van der Waals surface area contributed by atoms with Crippen molar-refractivity contribution < 1.29 is 171 Å². The van der Waals surface area contributed by atoms with Crippen LogP contribution in [0.25, 0.3) is 0 Å². The summed E-state index contributed by atoms with van der Waals surface area (Å²) in [4.78, 5) is 28.5. The Morgan fingerprint density at radius 2 is 0.673 bits per heavy atom. The van der Waals surface area contributed by atoms with Gasteiger partial charge in [0.1, 0.15) is 61.0 Å². The first-order valence-electron chi connectivity index (χ1n) is 56.2. The summed E-state index contributed by atoms with van der Waals surface area (Å²) in [5, 5.41) is 303. The molecule has 150 heavy (non-hydrogen) atoms. The number of aliphatic hydroxyl groups excluding tert-OH is 26. The number of esters is 2. The molecule has 0 spiro atoms. The highest BCUT2D eigenvalue weighted by Gasteiger charge is 2.48. The van der Waals surface area contributed by atoms with Gasteiger partial charge in [0.25, 0.3) is 0 Å². The zero-order valence-electron chi connectivity index (χ0n) is 92.0. The van der Waals surface area contributed by atoms with Crippen LogP contribution in [0.4, 0.5) is 0 Å². The quantitative estimate of drug-likeness (QED) is 0.0200. The van der Waals surface area contributed by atoms with Crippen molar-refractivity contribution in [3.8, 4) is 0 Å². The molecule has 2 saturated heterocycles. The Bertz CT molecular complexity index is 3490. The zero-order valence-corrected chi connectivity index (χ0v) is 92.0. The summed E-state index contributed by atoms with van der Waals surface area (Å²) in [5.41, 5.74) is 13.6. The summed E-state index contributed by atoms with van der Waals surface area (Å²) in [6.45, 7) is 21.9. The monoisotopic (exact) mass is 2160 g/mol. The molecule has 40 heteroatoms. The second-order valence-corrected chi connectivity index (χ2v) is 44.5. The third-order valence-corrected chi connectivity index (χ3v) is 30.5. The second-order valence-electron chi connectivity index (χ2n) is 44.5. The van der Waals surface area contributed by atoms with E-state index in [1.807, 2.05) is 81.4 Å². The Hall–Kier alpha value is -4.76. The molecule has 34 N–H and O–H groups in total. The molecule has 2 fully saturated rings. The standard InChI is InChI=1S/2C55H103N3O17/c2*1-7-8-19-43-49(69)33(3)22-23-38(61)17-11-16-37(60)18-12-20-44(66)34(4)26-47(73-54-51(71)50(70)48(31-59)74-54)46(68)30-42(65)29-41(64)28-40(63)27-39(62)15-10-9-14-32(2)25-35(5)52(75-53(43)72)36(6)45(67)21-13-24-58-55(56)57/h2*25-26,33,35-52,54,59-71H,7-24,27-31H2,1-6H3,(H4,56,57,58)/b2*32-25+,34-26+/t2*33?,35?,36?,37?,38?,39?,40?,41?,42?,43?,44?,45?,46?,47?,48-,49?,50-,51+,52?,54+/m11/s1. The van der Waals surface area contributed by atoms with Crippen LogP contribution in [-0.4, -0.2) is 379 Å². The number of nitrogens with one attached hydrogen (secondary N) is 4. The average molecular weight is 2160 g/mol. The van der Waals surface area contributed by atoms with Crippen LogP contribution in [0.3, 0.4) is 0 Å². The third kappa shape index (κ3) is 55.1. The molecular weight excluding hydrogens is 1950 g/mol. The van der Waals surface area contributed by atoms with E-state index in [-0.39, 0.29) is 99.8 Å². The highest BCUT2D eigenvalue weighted by Crippen LogP contribution is 2.37. The van der Waals surface area contributed by atoms with Gasteiger partial charge in [-0.3, -0.25) is 20.4 Å². The molecule has 32 unspecified atom stereocenters. The molecule has 880 valence electrons. The van der Waals surface area contributed by atoms with Crippen LogP contribution in [-0.2, 0) is 38.0 Å². The van der Waals surface area contributed by atoms with Gasteiger partial charge in [-0.2, -0.15) is 0 Å². The van der Waals surface area contributed by atoms with Gasteiger partial charge in [-0.25, -0.2) is 0 Å². The zero-order chi connectivity index (χ0) is 113. The predicted octanol–water partition coefficient (Wildman–Crippen LogP) is 4.91. The number of carbonyl (C=O) groups is 2. The van der Waals surface area contributed by atoms with Gasteiger partial charge in [0.15, 0.2) is 24.5 Å². The molecule has 4 aliphatic rings. The maximum absolute atomic E-state index is 14.2. The highest BCUT2D eigenvalue weighted by molar-refractivity contribution is 5.75.